The molecule has 0 saturated carbocycles. The SMILES string of the molecule is CC(C)(C)[Si]1(C)CC[Si](C)(C(C)(C)C)N1c1ccccc1. The summed E-state index contributed by atoms with van der Waals surface area (Å²) in [5.41, 5.74) is 1.49. The molecule has 0 aliphatic carbocycles. The van der Waals surface area contributed by atoms with E-state index in [1.165, 1.54) is 17.8 Å². The second kappa shape index (κ2) is 4.99. The summed E-state index contributed by atoms with van der Waals surface area (Å²) in [6, 6.07) is 14.2. The minimum Gasteiger partial charge on any atom is -0.423 e. The van der Waals surface area contributed by atoms with E-state index >= 15 is 0 Å². The summed E-state index contributed by atoms with van der Waals surface area (Å²) in [5, 5.41) is 0.831. The number of hydrogen-bond donors (Lipinski definition) is 0. The van der Waals surface area contributed by atoms with E-state index in [-0.39, 0.29) is 0 Å². The van der Waals surface area contributed by atoms with Crippen LogP contribution in [0.3, 0.4) is 0 Å². The van der Waals surface area contributed by atoms with E-state index in [1.807, 2.05) is 0 Å². The largest absolute Gasteiger partial charge is 0.423 e. The average molecular weight is 320 g/mol. The fourth-order valence-electron chi connectivity index (χ4n) is 3.82. The topological polar surface area (TPSA) is 3.24 Å². The van der Waals surface area contributed by atoms with Gasteiger partial charge in [0, 0.05) is 5.69 Å². The van der Waals surface area contributed by atoms with Crippen LogP contribution in [0.25, 0.3) is 0 Å². The zero-order valence-corrected chi connectivity index (χ0v) is 17.2. The molecule has 1 saturated heterocycles. The van der Waals surface area contributed by atoms with Gasteiger partial charge in [-0.15, -0.1) is 0 Å². The van der Waals surface area contributed by atoms with Crippen molar-refractivity contribution in [3.8, 4) is 0 Å². The molecule has 0 aromatic heterocycles. The van der Waals surface area contributed by atoms with E-state index in [9.17, 15) is 0 Å². The number of hydrogen-bond acceptors (Lipinski definition) is 1. The Labute approximate surface area is 133 Å². The van der Waals surface area contributed by atoms with Crippen LogP contribution in [0, 0.1) is 0 Å². The van der Waals surface area contributed by atoms with Crippen LogP contribution < -0.4 is 4.23 Å². The van der Waals surface area contributed by atoms with Crippen molar-refractivity contribution in [2.75, 3.05) is 4.23 Å². The van der Waals surface area contributed by atoms with Gasteiger partial charge in [0.1, 0.15) is 16.5 Å². The molecular weight excluding hydrogens is 286 g/mol. The van der Waals surface area contributed by atoms with Crippen LogP contribution in [-0.2, 0) is 0 Å². The maximum absolute atomic E-state index is 3.01. The molecule has 21 heavy (non-hydrogen) atoms. The third-order valence-electron chi connectivity index (χ3n) is 6.33. The molecule has 1 aromatic carbocycles. The molecule has 0 amide bonds. The zero-order valence-electron chi connectivity index (χ0n) is 15.2. The van der Waals surface area contributed by atoms with Gasteiger partial charge in [-0.25, -0.2) is 0 Å². The highest BCUT2D eigenvalue weighted by atomic mass is 28.4. The van der Waals surface area contributed by atoms with Crippen LogP contribution in [0.2, 0.25) is 35.3 Å². The lowest BCUT2D eigenvalue weighted by Gasteiger charge is -2.54. The molecule has 0 spiro atoms. The maximum atomic E-state index is 3.01. The van der Waals surface area contributed by atoms with E-state index in [2.05, 4.69) is 89.2 Å². The highest BCUT2D eigenvalue weighted by molar-refractivity contribution is 7.07. The van der Waals surface area contributed by atoms with Crippen molar-refractivity contribution in [2.45, 2.75) is 76.8 Å². The standard InChI is InChI=1S/C18H33NSi2/c1-17(2,3)20(7)14-15-21(8,18(4,5)6)19(20)16-12-10-9-11-13-16/h9-13H,14-15H2,1-8H3. The summed E-state index contributed by atoms with van der Waals surface area (Å²) >= 11 is 0. The van der Waals surface area contributed by atoms with Crippen molar-refractivity contribution in [1.82, 2.24) is 0 Å². The van der Waals surface area contributed by atoms with Crippen molar-refractivity contribution < 1.29 is 0 Å². The van der Waals surface area contributed by atoms with Crippen molar-refractivity contribution >= 4 is 22.2 Å². The lowest BCUT2D eigenvalue weighted by molar-refractivity contribution is 0.704. The normalized spacial score (nSPS) is 30.8. The minimum absolute atomic E-state index is 0.416. The van der Waals surface area contributed by atoms with E-state index in [4.69, 9.17) is 0 Å². The Morgan fingerprint density at radius 3 is 1.48 bits per heavy atom. The lowest BCUT2D eigenvalue weighted by atomic mass is 10.2. The molecule has 3 heteroatoms. The Hall–Kier alpha value is -0.546. The van der Waals surface area contributed by atoms with Crippen LogP contribution >= 0.6 is 0 Å². The number of rotatable bonds is 1. The number of anilines is 1. The molecule has 1 heterocycles. The molecular formula is C18H33NSi2. The predicted molar refractivity (Wildman–Crippen MR) is 101 cm³/mol. The average Bonchev–Trinajstić information content (AvgIpc) is 2.64. The summed E-state index contributed by atoms with van der Waals surface area (Å²) in [4.78, 5) is 0. The minimum atomic E-state index is -1.51. The predicted octanol–water partition coefficient (Wildman–Crippen LogP) is 6.26. The molecule has 2 unspecified atom stereocenters. The molecule has 0 bridgehead atoms. The van der Waals surface area contributed by atoms with Crippen molar-refractivity contribution in [2.24, 2.45) is 0 Å². The molecule has 2 rings (SSSR count). The summed E-state index contributed by atoms with van der Waals surface area (Å²) in [6.45, 7) is 20.1. The van der Waals surface area contributed by atoms with Gasteiger partial charge in [0.2, 0.25) is 0 Å². The highest BCUT2D eigenvalue weighted by Gasteiger charge is 2.61. The van der Waals surface area contributed by atoms with Gasteiger partial charge in [-0.05, 0) is 34.3 Å². The number of para-hydroxylation sites is 1. The van der Waals surface area contributed by atoms with Crippen molar-refractivity contribution in [3.05, 3.63) is 30.3 Å². The Kier molecular flexibility index (Phi) is 3.99. The second-order valence-electron chi connectivity index (χ2n) is 9.22. The zero-order chi connectivity index (χ0) is 16.1. The van der Waals surface area contributed by atoms with Gasteiger partial charge in [-0.3, -0.25) is 0 Å². The van der Waals surface area contributed by atoms with Gasteiger partial charge in [0.05, 0.1) is 0 Å². The number of benzene rings is 1. The summed E-state index contributed by atoms with van der Waals surface area (Å²) in [6.07, 6.45) is 0. The lowest BCUT2D eigenvalue weighted by Crippen LogP contribution is -2.65. The van der Waals surface area contributed by atoms with Crippen molar-refractivity contribution in [1.29, 1.82) is 0 Å². The first-order valence-corrected chi connectivity index (χ1v) is 13.6. The molecule has 2 atom stereocenters. The Balaban J connectivity index is 2.63. The van der Waals surface area contributed by atoms with Crippen LogP contribution in [0.15, 0.2) is 30.3 Å². The Morgan fingerprint density at radius 2 is 1.14 bits per heavy atom. The van der Waals surface area contributed by atoms with Crippen LogP contribution in [0.1, 0.15) is 41.5 Å². The first kappa shape index (κ1) is 16.8. The fourth-order valence-corrected chi connectivity index (χ4v) is 19.5. The molecule has 0 radical (unpaired) electrons. The van der Waals surface area contributed by atoms with Gasteiger partial charge in [-0.1, -0.05) is 72.8 Å². The summed E-state index contributed by atoms with van der Waals surface area (Å²) < 4.78 is 3.01. The van der Waals surface area contributed by atoms with Crippen LogP contribution in [-0.4, -0.2) is 16.5 Å². The quantitative estimate of drug-likeness (QED) is 0.552. The van der Waals surface area contributed by atoms with Crippen LogP contribution in [0.4, 0.5) is 5.69 Å². The Morgan fingerprint density at radius 1 is 0.762 bits per heavy atom. The maximum Gasteiger partial charge on any atom is 0.150 e. The highest BCUT2D eigenvalue weighted by Crippen LogP contribution is 2.57. The smallest absolute Gasteiger partial charge is 0.150 e. The van der Waals surface area contributed by atoms with E-state index in [0.29, 0.717) is 10.1 Å². The van der Waals surface area contributed by atoms with E-state index < -0.39 is 16.5 Å². The first-order chi connectivity index (χ1) is 9.43. The van der Waals surface area contributed by atoms with Gasteiger partial charge < -0.3 is 4.23 Å². The molecule has 1 nitrogen and oxygen atoms in total. The number of nitrogens with zero attached hydrogens (tertiary/aromatic N) is 1. The molecule has 118 valence electrons. The fraction of sp³-hybridized carbons (Fsp3) is 0.667. The summed E-state index contributed by atoms with van der Waals surface area (Å²) in [5.74, 6) is 0. The second-order valence-corrected chi connectivity index (χ2v) is 19.7. The van der Waals surface area contributed by atoms with E-state index in [0.717, 1.165) is 0 Å². The molecule has 1 fully saturated rings. The van der Waals surface area contributed by atoms with Crippen molar-refractivity contribution in [3.63, 3.8) is 0 Å². The molecule has 1 aromatic rings. The van der Waals surface area contributed by atoms with Crippen LogP contribution in [0.5, 0.6) is 0 Å². The van der Waals surface area contributed by atoms with Gasteiger partial charge in [0.25, 0.3) is 0 Å². The first-order valence-electron chi connectivity index (χ1n) is 8.29. The van der Waals surface area contributed by atoms with E-state index in [1.54, 1.807) is 0 Å². The molecule has 1 aliphatic rings. The van der Waals surface area contributed by atoms with Gasteiger partial charge in [0.15, 0.2) is 0 Å². The molecule has 0 N–H and O–H groups in total. The molecule has 1 aliphatic heterocycles. The third-order valence-corrected chi connectivity index (χ3v) is 21.2. The Bertz CT molecular complexity index is 472. The summed E-state index contributed by atoms with van der Waals surface area (Å²) in [7, 11) is -3.02. The van der Waals surface area contributed by atoms with Gasteiger partial charge >= 0.3 is 0 Å². The monoisotopic (exact) mass is 319 g/mol. The third kappa shape index (κ3) is 2.52. The van der Waals surface area contributed by atoms with Gasteiger partial charge in [-0.2, -0.15) is 0 Å².